The topological polar surface area (TPSA) is 65.2 Å². The molecule has 0 aliphatic carbocycles. The minimum absolute atomic E-state index is 0.296. The number of nitrogens with zero attached hydrogens (tertiary/aromatic N) is 1. The van der Waals surface area contributed by atoms with Crippen molar-refractivity contribution in [3.8, 4) is 0 Å². The predicted molar refractivity (Wildman–Crippen MR) is 103 cm³/mol. The predicted octanol–water partition coefficient (Wildman–Crippen LogP) is 3.17. The Labute approximate surface area is 155 Å². The summed E-state index contributed by atoms with van der Waals surface area (Å²) in [6, 6.07) is 12.8. The third-order valence-corrected chi connectivity index (χ3v) is 6.99. The van der Waals surface area contributed by atoms with Crippen LogP contribution in [0.1, 0.15) is 0 Å². The number of H-pyrrole nitrogens is 1. The molecule has 0 bridgehead atoms. The van der Waals surface area contributed by atoms with Gasteiger partial charge in [0.25, 0.3) is 0 Å². The van der Waals surface area contributed by atoms with E-state index in [1.54, 1.807) is 18.3 Å². The van der Waals surface area contributed by atoms with Crippen molar-refractivity contribution in [1.29, 1.82) is 0 Å². The lowest BCUT2D eigenvalue weighted by atomic mass is 10.2. The Bertz CT molecular complexity index is 1010. The number of fused-ring (bicyclic) bond motifs is 1. The van der Waals surface area contributed by atoms with Gasteiger partial charge in [-0.1, -0.05) is 22.0 Å². The highest BCUT2D eigenvalue weighted by molar-refractivity contribution is 9.10. The molecule has 1 aliphatic rings. The molecule has 5 nitrogen and oxygen atoms in total. The second kappa shape index (κ2) is 6.48. The van der Waals surface area contributed by atoms with E-state index < -0.39 is 9.84 Å². The quantitative estimate of drug-likeness (QED) is 0.683. The monoisotopic (exact) mass is 419 g/mol. The molecule has 3 aromatic rings. The molecule has 2 aromatic carbocycles. The van der Waals surface area contributed by atoms with E-state index in [4.69, 9.17) is 0 Å². The van der Waals surface area contributed by atoms with Gasteiger partial charge in [-0.2, -0.15) is 0 Å². The van der Waals surface area contributed by atoms with E-state index in [0.717, 1.165) is 41.9 Å². The number of hydrogen-bond acceptors (Lipinski definition) is 4. The molecular weight excluding hydrogens is 402 g/mol. The molecule has 7 heteroatoms. The molecule has 0 amide bonds. The highest BCUT2D eigenvalue weighted by Crippen LogP contribution is 2.33. The largest absolute Gasteiger partial charge is 0.369 e. The molecule has 2 N–H and O–H groups in total. The van der Waals surface area contributed by atoms with Crippen LogP contribution in [0, 0.1) is 0 Å². The van der Waals surface area contributed by atoms with Crippen LogP contribution in [-0.2, 0) is 9.84 Å². The van der Waals surface area contributed by atoms with E-state index in [-0.39, 0.29) is 0 Å². The molecule has 25 heavy (non-hydrogen) atoms. The lowest BCUT2D eigenvalue weighted by molar-refractivity contribution is 0.588. The lowest BCUT2D eigenvalue weighted by Gasteiger charge is -2.29. The number of anilines is 1. The zero-order valence-corrected chi connectivity index (χ0v) is 15.9. The number of halogens is 1. The summed E-state index contributed by atoms with van der Waals surface area (Å²) in [6.45, 7) is 3.76. The molecule has 0 saturated carbocycles. The second-order valence-electron chi connectivity index (χ2n) is 6.05. The Morgan fingerprint density at radius 1 is 1.00 bits per heavy atom. The minimum Gasteiger partial charge on any atom is -0.369 e. The van der Waals surface area contributed by atoms with E-state index in [9.17, 15) is 8.42 Å². The van der Waals surface area contributed by atoms with Gasteiger partial charge in [0.1, 0.15) is 0 Å². The third-order valence-electron chi connectivity index (χ3n) is 4.54. The van der Waals surface area contributed by atoms with Crippen molar-refractivity contribution in [1.82, 2.24) is 10.3 Å². The first-order valence-corrected chi connectivity index (χ1v) is 10.4. The van der Waals surface area contributed by atoms with Gasteiger partial charge in [0, 0.05) is 53.4 Å². The summed E-state index contributed by atoms with van der Waals surface area (Å²) >= 11 is 3.46. The fraction of sp³-hybridized carbons (Fsp3) is 0.222. The van der Waals surface area contributed by atoms with Crippen LogP contribution in [0.4, 0.5) is 5.69 Å². The van der Waals surface area contributed by atoms with Crippen LogP contribution < -0.4 is 10.2 Å². The maximum atomic E-state index is 13.1. The first-order valence-electron chi connectivity index (χ1n) is 8.14. The molecule has 1 aliphatic heterocycles. The van der Waals surface area contributed by atoms with Gasteiger partial charge < -0.3 is 15.2 Å². The third kappa shape index (κ3) is 2.96. The summed E-state index contributed by atoms with van der Waals surface area (Å²) < 4.78 is 26.9. The standard InChI is InChI=1S/C18H18BrN3O2S/c19-15-2-1-3-16-18(15)17(12-21-16)25(23,24)14-6-4-13(5-7-14)22-10-8-20-9-11-22/h1-7,12,20-21H,8-11H2. The van der Waals surface area contributed by atoms with Crippen LogP contribution in [0.25, 0.3) is 10.9 Å². The van der Waals surface area contributed by atoms with Crippen LogP contribution in [0.3, 0.4) is 0 Å². The van der Waals surface area contributed by atoms with Gasteiger partial charge in [-0.25, -0.2) is 8.42 Å². The maximum absolute atomic E-state index is 13.1. The van der Waals surface area contributed by atoms with Crippen molar-refractivity contribution in [3.05, 3.63) is 53.1 Å². The number of hydrogen-bond donors (Lipinski definition) is 2. The van der Waals surface area contributed by atoms with Crippen molar-refractivity contribution in [3.63, 3.8) is 0 Å². The molecule has 0 unspecified atom stereocenters. The van der Waals surface area contributed by atoms with Gasteiger partial charge in [-0.3, -0.25) is 0 Å². The zero-order chi connectivity index (χ0) is 17.4. The molecule has 0 spiro atoms. The van der Waals surface area contributed by atoms with Crippen molar-refractivity contribution in [2.75, 3.05) is 31.1 Å². The average molecular weight is 420 g/mol. The summed E-state index contributed by atoms with van der Waals surface area (Å²) in [7, 11) is -3.58. The van der Waals surface area contributed by atoms with E-state index in [0.29, 0.717) is 15.2 Å². The first kappa shape index (κ1) is 16.6. The molecule has 130 valence electrons. The molecule has 0 atom stereocenters. The fourth-order valence-electron chi connectivity index (χ4n) is 3.21. The van der Waals surface area contributed by atoms with E-state index in [1.165, 1.54) is 0 Å². The number of aromatic nitrogens is 1. The van der Waals surface area contributed by atoms with Crippen LogP contribution in [0.2, 0.25) is 0 Å². The highest BCUT2D eigenvalue weighted by atomic mass is 79.9. The lowest BCUT2D eigenvalue weighted by Crippen LogP contribution is -2.43. The SMILES string of the molecule is O=S(=O)(c1ccc(N2CCNCC2)cc1)c1c[nH]c2cccc(Br)c12. The average Bonchev–Trinajstić information content (AvgIpc) is 3.09. The Morgan fingerprint density at radius 2 is 1.72 bits per heavy atom. The van der Waals surface area contributed by atoms with E-state index in [1.807, 2.05) is 30.3 Å². The molecule has 1 fully saturated rings. The number of aromatic amines is 1. The Hall–Kier alpha value is -1.83. The van der Waals surface area contributed by atoms with Gasteiger partial charge in [0.05, 0.1) is 9.79 Å². The molecular formula is C18H18BrN3O2S. The van der Waals surface area contributed by atoms with Crippen LogP contribution >= 0.6 is 15.9 Å². The smallest absolute Gasteiger partial charge is 0.208 e. The van der Waals surface area contributed by atoms with Crippen molar-refractivity contribution in [2.45, 2.75) is 9.79 Å². The van der Waals surface area contributed by atoms with Crippen LogP contribution in [0.15, 0.2) is 62.9 Å². The number of benzene rings is 2. The normalized spacial score (nSPS) is 15.6. The summed E-state index contributed by atoms with van der Waals surface area (Å²) in [5.41, 5.74) is 1.85. The van der Waals surface area contributed by atoms with Crippen LogP contribution in [0.5, 0.6) is 0 Å². The Balaban J connectivity index is 1.72. The molecule has 0 radical (unpaired) electrons. The molecule has 1 aromatic heterocycles. The maximum Gasteiger partial charge on any atom is 0.208 e. The van der Waals surface area contributed by atoms with Crippen molar-refractivity contribution >= 4 is 42.4 Å². The second-order valence-corrected chi connectivity index (χ2v) is 8.82. The highest BCUT2D eigenvalue weighted by Gasteiger charge is 2.23. The van der Waals surface area contributed by atoms with Gasteiger partial charge in [0.2, 0.25) is 9.84 Å². The van der Waals surface area contributed by atoms with Gasteiger partial charge >= 0.3 is 0 Å². The van der Waals surface area contributed by atoms with Gasteiger partial charge in [0.15, 0.2) is 0 Å². The fourth-order valence-corrected chi connectivity index (χ4v) is 5.37. The van der Waals surface area contributed by atoms with Gasteiger partial charge in [-0.05, 0) is 36.4 Å². The summed E-state index contributed by atoms with van der Waals surface area (Å²) in [5, 5.41) is 4.00. The summed E-state index contributed by atoms with van der Waals surface area (Å²) in [6.07, 6.45) is 1.56. The van der Waals surface area contributed by atoms with Crippen LogP contribution in [-0.4, -0.2) is 39.6 Å². The Kier molecular flexibility index (Phi) is 4.31. The number of piperazine rings is 1. The van der Waals surface area contributed by atoms with Crippen molar-refractivity contribution in [2.24, 2.45) is 0 Å². The first-order chi connectivity index (χ1) is 12.1. The van der Waals surface area contributed by atoms with Crippen molar-refractivity contribution < 1.29 is 8.42 Å². The number of nitrogens with one attached hydrogen (secondary N) is 2. The van der Waals surface area contributed by atoms with Gasteiger partial charge in [-0.15, -0.1) is 0 Å². The molecule has 4 rings (SSSR count). The van der Waals surface area contributed by atoms with E-state index >= 15 is 0 Å². The summed E-state index contributed by atoms with van der Waals surface area (Å²) in [4.78, 5) is 5.91. The zero-order valence-electron chi connectivity index (χ0n) is 13.5. The summed E-state index contributed by atoms with van der Waals surface area (Å²) in [5.74, 6) is 0. The minimum atomic E-state index is -3.58. The van der Waals surface area contributed by atoms with E-state index in [2.05, 4.69) is 31.1 Å². The number of sulfone groups is 1. The molecule has 1 saturated heterocycles. The molecule has 2 heterocycles. The number of rotatable bonds is 3. The Morgan fingerprint density at radius 3 is 2.44 bits per heavy atom.